The van der Waals surface area contributed by atoms with Crippen molar-refractivity contribution in [1.29, 1.82) is 0 Å². The standard InChI is InChI=1S/C20H24Cl2O5S/c1-3-20(4-2,27-18(24)10-12-22)19(25)15-5-7-16(8-6-15)28-14-13-26-17(23)9-11-21/h3,5-8H,1,4,9-14H2,2H3. The quantitative estimate of drug-likeness (QED) is 0.110. The van der Waals surface area contributed by atoms with Crippen molar-refractivity contribution in [2.24, 2.45) is 0 Å². The Kier molecular flexibility index (Phi) is 11.3. The minimum Gasteiger partial charge on any atom is -0.465 e. The van der Waals surface area contributed by atoms with E-state index in [4.69, 9.17) is 32.7 Å². The normalized spacial score (nSPS) is 12.7. The summed E-state index contributed by atoms with van der Waals surface area (Å²) in [6, 6.07) is 6.94. The summed E-state index contributed by atoms with van der Waals surface area (Å²) in [6.45, 7) is 5.71. The SMILES string of the molecule is C=CC(CC)(OC(=O)CCCl)C(=O)c1ccc(SCCOC(=O)CCCl)cc1. The predicted octanol–water partition coefficient (Wildman–Crippen LogP) is 4.64. The molecule has 5 nitrogen and oxygen atoms in total. The first kappa shape index (κ1) is 24.5. The van der Waals surface area contributed by atoms with Gasteiger partial charge in [-0.1, -0.05) is 25.6 Å². The summed E-state index contributed by atoms with van der Waals surface area (Å²) >= 11 is 12.5. The summed E-state index contributed by atoms with van der Waals surface area (Å²) < 4.78 is 10.4. The monoisotopic (exact) mass is 446 g/mol. The maximum Gasteiger partial charge on any atom is 0.308 e. The number of ketones is 1. The van der Waals surface area contributed by atoms with Gasteiger partial charge in [-0.15, -0.1) is 35.0 Å². The van der Waals surface area contributed by atoms with Crippen molar-refractivity contribution in [2.75, 3.05) is 24.1 Å². The largest absolute Gasteiger partial charge is 0.465 e. The van der Waals surface area contributed by atoms with Gasteiger partial charge in [-0.05, 0) is 24.6 Å². The zero-order valence-corrected chi connectivity index (χ0v) is 18.1. The highest BCUT2D eigenvalue weighted by Gasteiger charge is 2.38. The molecule has 0 aliphatic rings. The van der Waals surface area contributed by atoms with E-state index in [1.54, 1.807) is 31.2 Å². The number of hydrogen-bond acceptors (Lipinski definition) is 6. The number of Topliss-reactive ketones (excluding diaryl/α,β-unsaturated/α-hetero) is 1. The first-order chi connectivity index (χ1) is 13.4. The Hall–Kier alpha value is -1.50. The lowest BCUT2D eigenvalue weighted by atomic mass is 9.90. The molecule has 0 radical (unpaired) electrons. The number of carbonyl (C=O) groups excluding carboxylic acids is 3. The van der Waals surface area contributed by atoms with Crippen molar-refractivity contribution in [1.82, 2.24) is 0 Å². The second kappa shape index (κ2) is 12.9. The average Bonchev–Trinajstić information content (AvgIpc) is 2.70. The maximum atomic E-state index is 12.9. The van der Waals surface area contributed by atoms with Gasteiger partial charge in [0.25, 0.3) is 0 Å². The summed E-state index contributed by atoms with van der Waals surface area (Å²) in [4.78, 5) is 36.9. The fourth-order valence-electron chi connectivity index (χ4n) is 2.30. The van der Waals surface area contributed by atoms with E-state index in [2.05, 4.69) is 6.58 Å². The molecular weight excluding hydrogens is 423 g/mol. The van der Waals surface area contributed by atoms with Gasteiger partial charge in [0.1, 0.15) is 6.61 Å². The topological polar surface area (TPSA) is 69.7 Å². The average molecular weight is 447 g/mol. The van der Waals surface area contributed by atoms with Crippen LogP contribution in [0.15, 0.2) is 41.8 Å². The van der Waals surface area contributed by atoms with Crippen LogP contribution in [0.25, 0.3) is 0 Å². The number of halogens is 2. The van der Waals surface area contributed by atoms with E-state index >= 15 is 0 Å². The lowest BCUT2D eigenvalue weighted by Gasteiger charge is -2.27. The van der Waals surface area contributed by atoms with Crippen LogP contribution in [0.3, 0.4) is 0 Å². The number of carbonyl (C=O) groups is 3. The second-order valence-corrected chi connectivity index (χ2v) is 7.65. The minimum atomic E-state index is -1.41. The van der Waals surface area contributed by atoms with Crippen LogP contribution in [0.1, 0.15) is 36.5 Å². The first-order valence-corrected chi connectivity index (χ1v) is 10.9. The van der Waals surface area contributed by atoms with Crippen molar-refractivity contribution in [3.05, 3.63) is 42.5 Å². The molecule has 0 spiro atoms. The molecule has 1 unspecified atom stereocenters. The van der Waals surface area contributed by atoms with Gasteiger partial charge < -0.3 is 9.47 Å². The van der Waals surface area contributed by atoms with Crippen LogP contribution in [-0.2, 0) is 19.1 Å². The number of esters is 2. The van der Waals surface area contributed by atoms with Gasteiger partial charge in [0.2, 0.25) is 5.78 Å². The summed E-state index contributed by atoms with van der Waals surface area (Å²) in [7, 11) is 0. The van der Waals surface area contributed by atoms with Crippen LogP contribution < -0.4 is 0 Å². The van der Waals surface area contributed by atoms with Crippen LogP contribution >= 0.6 is 35.0 Å². The Morgan fingerprint density at radius 1 is 1.11 bits per heavy atom. The van der Waals surface area contributed by atoms with Crippen LogP contribution in [0.5, 0.6) is 0 Å². The van der Waals surface area contributed by atoms with E-state index in [0.29, 0.717) is 11.3 Å². The second-order valence-electron chi connectivity index (χ2n) is 5.72. The zero-order chi connectivity index (χ0) is 21.0. The van der Waals surface area contributed by atoms with Gasteiger partial charge in [-0.2, -0.15) is 0 Å². The third kappa shape index (κ3) is 7.49. The van der Waals surface area contributed by atoms with Crippen molar-refractivity contribution in [3.8, 4) is 0 Å². The molecule has 0 aliphatic carbocycles. The molecule has 1 aromatic carbocycles. The van der Waals surface area contributed by atoms with Crippen molar-refractivity contribution >= 4 is 52.7 Å². The van der Waals surface area contributed by atoms with Crippen LogP contribution in [-0.4, -0.2) is 47.4 Å². The molecule has 0 aromatic heterocycles. The molecule has 1 atom stereocenters. The Labute approximate surface area is 179 Å². The summed E-state index contributed by atoms with van der Waals surface area (Å²) in [5, 5.41) is 0. The lowest BCUT2D eigenvalue weighted by Crippen LogP contribution is -2.41. The van der Waals surface area contributed by atoms with E-state index in [1.165, 1.54) is 17.8 Å². The van der Waals surface area contributed by atoms with Crippen LogP contribution in [0, 0.1) is 0 Å². The summed E-state index contributed by atoms with van der Waals surface area (Å²) in [5.74, 6) is -0.242. The molecule has 0 saturated carbocycles. The lowest BCUT2D eigenvalue weighted by molar-refractivity contribution is -0.151. The molecule has 0 saturated heterocycles. The molecular formula is C20H24Cl2O5S. The van der Waals surface area contributed by atoms with Crippen LogP contribution in [0.2, 0.25) is 0 Å². The molecule has 0 bridgehead atoms. The minimum absolute atomic E-state index is 0.0233. The Balaban J connectivity index is 2.71. The van der Waals surface area contributed by atoms with Crippen molar-refractivity contribution in [2.45, 2.75) is 36.7 Å². The summed E-state index contributed by atoms with van der Waals surface area (Å²) in [5.41, 5.74) is -0.993. The molecule has 0 aliphatic heterocycles. The fraction of sp³-hybridized carbons (Fsp3) is 0.450. The summed E-state index contributed by atoms with van der Waals surface area (Å²) in [6.07, 6.45) is 1.85. The van der Waals surface area contributed by atoms with E-state index in [-0.39, 0.29) is 49.4 Å². The number of benzene rings is 1. The number of hydrogen-bond donors (Lipinski definition) is 0. The van der Waals surface area contributed by atoms with E-state index in [1.807, 2.05) is 0 Å². The number of rotatable bonds is 13. The van der Waals surface area contributed by atoms with Gasteiger partial charge in [-0.25, -0.2) is 0 Å². The van der Waals surface area contributed by atoms with E-state index in [0.717, 1.165) is 4.90 Å². The molecule has 0 N–H and O–H groups in total. The number of thioether (sulfide) groups is 1. The Bertz CT molecular complexity index is 678. The predicted molar refractivity (Wildman–Crippen MR) is 112 cm³/mol. The molecule has 8 heteroatoms. The van der Waals surface area contributed by atoms with Gasteiger partial charge >= 0.3 is 11.9 Å². The molecule has 0 heterocycles. The van der Waals surface area contributed by atoms with Crippen molar-refractivity contribution < 1.29 is 23.9 Å². The molecule has 0 amide bonds. The molecule has 1 aromatic rings. The van der Waals surface area contributed by atoms with Gasteiger partial charge in [-0.3, -0.25) is 14.4 Å². The Morgan fingerprint density at radius 2 is 1.71 bits per heavy atom. The van der Waals surface area contributed by atoms with Crippen LogP contribution in [0.4, 0.5) is 0 Å². The highest BCUT2D eigenvalue weighted by molar-refractivity contribution is 7.99. The smallest absolute Gasteiger partial charge is 0.308 e. The Morgan fingerprint density at radius 3 is 2.25 bits per heavy atom. The molecule has 0 fully saturated rings. The van der Waals surface area contributed by atoms with E-state index < -0.39 is 11.6 Å². The highest BCUT2D eigenvalue weighted by Crippen LogP contribution is 2.26. The maximum absolute atomic E-state index is 12.9. The van der Waals surface area contributed by atoms with Gasteiger partial charge in [0, 0.05) is 28.0 Å². The first-order valence-electron chi connectivity index (χ1n) is 8.83. The highest BCUT2D eigenvalue weighted by atomic mass is 35.5. The van der Waals surface area contributed by atoms with Crippen molar-refractivity contribution in [3.63, 3.8) is 0 Å². The third-order valence-electron chi connectivity index (χ3n) is 3.86. The molecule has 28 heavy (non-hydrogen) atoms. The third-order valence-corrected chi connectivity index (χ3v) is 5.22. The number of alkyl halides is 2. The molecule has 154 valence electrons. The molecule has 1 rings (SSSR count). The van der Waals surface area contributed by atoms with Gasteiger partial charge in [0.15, 0.2) is 5.60 Å². The zero-order valence-electron chi connectivity index (χ0n) is 15.7. The number of ether oxygens (including phenoxy) is 2. The van der Waals surface area contributed by atoms with Gasteiger partial charge in [0.05, 0.1) is 12.8 Å². The van der Waals surface area contributed by atoms with E-state index in [9.17, 15) is 14.4 Å². The fourth-order valence-corrected chi connectivity index (χ4v) is 3.34.